The molecule has 0 saturated carbocycles. The summed E-state index contributed by atoms with van der Waals surface area (Å²) in [5, 5.41) is 6.90. The average molecular weight is 489 g/mol. The Hall–Kier alpha value is -3.76. The maximum Gasteiger partial charge on any atom is 0.250 e. The first kappa shape index (κ1) is 24.0. The van der Waals surface area contributed by atoms with Crippen LogP contribution in [0.4, 0.5) is 0 Å². The predicted molar refractivity (Wildman–Crippen MR) is 138 cm³/mol. The van der Waals surface area contributed by atoms with Crippen molar-refractivity contribution in [2.24, 2.45) is 11.5 Å². The molecule has 0 spiro atoms. The second-order valence-electron chi connectivity index (χ2n) is 10.0. The molecule has 2 fully saturated rings. The molecule has 10 nitrogen and oxygen atoms in total. The number of amides is 2. The van der Waals surface area contributed by atoms with Crippen molar-refractivity contribution < 1.29 is 9.59 Å². The Labute approximate surface area is 208 Å². The van der Waals surface area contributed by atoms with E-state index in [9.17, 15) is 9.59 Å². The van der Waals surface area contributed by atoms with Gasteiger partial charge in [-0.05, 0) is 76.9 Å². The molecule has 2 aromatic heterocycles. The van der Waals surface area contributed by atoms with Gasteiger partial charge in [-0.1, -0.05) is 12.1 Å². The lowest BCUT2D eigenvalue weighted by Crippen LogP contribution is -2.34. The number of primary amides is 2. The number of carbonyl (C=O) groups excluding carboxylic acids is 2. The zero-order chi connectivity index (χ0) is 25.5. The van der Waals surface area contributed by atoms with Gasteiger partial charge < -0.3 is 32.1 Å². The van der Waals surface area contributed by atoms with Crippen LogP contribution in [0.25, 0.3) is 22.1 Å². The van der Waals surface area contributed by atoms with Crippen LogP contribution >= 0.6 is 0 Å². The Morgan fingerprint density at radius 3 is 1.50 bits per heavy atom. The molecular weight excluding hydrogens is 456 g/mol. The number of rotatable bonds is 4. The van der Waals surface area contributed by atoms with E-state index in [0.717, 1.165) is 61.5 Å². The van der Waals surface area contributed by atoms with Gasteiger partial charge in [0.25, 0.3) is 11.8 Å². The fourth-order valence-corrected chi connectivity index (χ4v) is 5.18. The molecule has 8 N–H and O–H groups in total. The first-order valence-electron chi connectivity index (χ1n) is 12.3. The van der Waals surface area contributed by atoms with Crippen LogP contribution in [0.1, 0.15) is 71.9 Å². The number of hydrogen-bond donors (Lipinski definition) is 6. The Morgan fingerprint density at radius 2 is 1.17 bits per heavy atom. The van der Waals surface area contributed by atoms with Crippen molar-refractivity contribution in [2.75, 3.05) is 13.1 Å². The fraction of sp³-hybridized carbons (Fsp3) is 0.385. The molecule has 188 valence electrons. The molecule has 2 saturated heterocycles. The minimum absolute atomic E-state index is 0.131. The van der Waals surface area contributed by atoms with Crippen molar-refractivity contribution in [3.63, 3.8) is 0 Å². The number of benzene rings is 2. The fourth-order valence-electron chi connectivity index (χ4n) is 5.18. The standard InChI is InChI=1S/2C13H16N4O/c2*1-13(6-3-7-15-13)12-16-9-5-2-4-8(11(14)18)10(9)17-12/h2*2,4-5,15H,3,6-7H2,1H3,(H2,14,18)(H,16,17)/t13-;/m1./s1. The van der Waals surface area contributed by atoms with Crippen LogP contribution in [0.15, 0.2) is 36.4 Å². The van der Waals surface area contributed by atoms with Gasteiger partial charge in [0, 0.05) is 0 Å². The van der Waals surface area contributed by atoms with Crippen LogP contribution in [0, 0.1) is 0 Å². The number of imidazole rings is 2. The molecule has 4 aromatic rings. The molecule has 0 bridgehead atoms. The zero-order valence-electron chi connectivity index (χ0n) is 20.6. The summed E-state index contributed by atoms with van der Waals surface area (Å²) >= 11 is 0. The molecule has 2 aliphatic heterocycles. The molecule has 6 rings (SSSR count). The lowest BCUT2D eigenvalue weighted by Gasteiger charge is -2.21. The second kappa shape index (κ2) is 9.03. The van der Waals surface area contributed by atoms with Crippen LogP contribution in [0.3, 0.4) is 0 Å². The molecule has 1 unspecified atom stereocenters. The number of aromatic amines is 2. The minimum atomic E-state index is -0.441. The summed E-state index contributed by atoms with van der Waals surface area (Å²) in [6.07, 6.45) is 4.35. The summed E-state index contributed by atoms with van der Waals surface area (Å²) in [5.41, 5.74) is 14.4. The topological polar surface area (TPSA) is 168 Å². The molecule has 2 amide bonds. The summed E-state index contributed by atoms with van der Waals surface area (Å²) in [6.45, 7) is 6.25. The Kier molecular flexibility index (Phi) is 6.01. The monoisotopic (exact) mass is 488 g/mol. The van der Waals surface area contributed by atoms with Crippen LogP contribution < -0.4 is 22.1 Å². The van der Waals surface area contributed by atoms with E-state index in [1.807, 2.05) is 24.3 Å². The molecule has 36 heavy (non-hydrogen) atoms. The number of fused-ring (bicyclic) bond motifs is 2. The van der Waals surface area contributed by atoms with Crippen molar-refractivity contribution in [3.05, 3.63) is 59.2 Å². The van der Waals surface area contributed by atoms with E-state index in [-0.39, 0.29) is 11.1 Å². The highest BCUT2D eigenvalue weighted by Gasteiger charge is 2.34. The van der Waals surface area contributed by atoms with Gasteiger partial charge in [0.2, 0.25) is 0 Å². The van der Waals surface area contributed by atoms with E-state index in [1.54, 1.807) is 12.1 Å². The van der Waals surface area contributed by atoms with Gasteiger partial charge >= 0.3 is 0 Å². The SMILES string of the molecule is CC1(c2nc3c(C(N)=O)cccc3[nH]2)CCCN1.C[C@]1(c2nc3c(C(N)=O)cccc3[nH]2)CCCN1. The van der Waals surface area contributed by atoms with Gasteiger partial charge in [-0.15, -0.1) is 0 Å². The maximum atomic E-state index is 11.4. The van der Waals surface area contributed by atoms with Crippen LogP contribution in [0.2, 0.25) is 0 Å². The molecule has 0 aliphatic carbocycles. The van der Waals surface area contributed by atoms with Gasteiger partial charge in [-0.25, -0.2) is 9.97 Å². The first-order chi connectivity index (χ1) is 17.2. The minimum Gasteiger partial charge on any atom is -0.366 e. The zero-order valence-corrected chi connectivity index (χ0v) is 20.6. The third-order valence-electron chi connectivity index (χ3n) is 7.34. The predicted octanol–water partition coefficient (Wildman–Crippen LogP) is 2.52. The third kappa shape index (κ3) is 4.22. The van der Waals surface area contributed by atoms with E-state index in [1.165, 1.54) is 0 Å². The highest BCUT2D eigenvalue weighted by Crippen LogP contribution is 2.31. The van der Waals surface area contributed by atoms with Crippen molar-refractivity contribution in [2.45, 2.75) is 50.6 Å². The summed E-state index contributed by atoms with van der Waals surface area (Å²) in [6, 6.07) is 10.9. The number of aromatic nitrogens is 4. The first-order valence-corrected chi connectivity index (χ1v) is 12.3. The van der Waals surface area contributed by atoms with Crippen LogP contribution in [-0.2, 0) is 11.1 Å². The Morgan fingerprint density at radius 1 is 0.750 bits per heavy atom. The molecule has 2 aromatic carbocycles. The van der Waals surface area contributed by atoms with Gasteiger partial charge in [0.1, 0.15) is 22.7 Å². The maximum absolute atomic E-state index is 11.4. The number of hydrogen-bond acceptors (Lipinski definition) is 6. The van der Waals surface area contributed by atoms with Gasteiger partial charge in [-0.3, -0.25) is 9.59 Å². The van der Waals surface area contributed by atoms with Crippen molar-refractivity contribution in [3.8, 4) is 0 Å². The number of nitrogens with zero attached hydrogens (tertiary/aromatic N) is 2. The molecular formula is C26H32N8O2. The van der Waals surface area contributed by atoms with Crippen LogP contribution in [-0.4, -0.2) is 44.8 Å². The van der Waals surface area contributed by atoms with Gasteiger partial charge in [0.05, 0.1) is 33.2 Å². The summed E-state index contributed by atoms with van der Waals surface area (Å²) in [7, 11) is 0. The normalized spacial score (nSPS) is 23.6. The summed E-state index contributed by atoms with van der Waals surface area (Å²) in [5.74, 6) is 0.874. The lowest BCUT2D eigenvalue weighted by atomic mass is 10.00. The smallest absolute Gasteiger partial charge is 0.250 e. The van der Waals surface area contributed by atoms with E-state index >= 15 is 0 Å². The van der Waals surface area contributed by atoms with E-state index in [2.05, 4.69) is 44.4 Å². The highest BCUT2D eigenvalue weighted by atomic mass is 16.1. The van der Waals surface area contributed by atoms with Gasteiger partial charge in [0.15, 0.2) is 0 Å². The molecule has 2 atom stereocenters. The average Bonchev–Trinajstić information content (AvgIpc) is 3.64. The Bertz CT molecular complexity index is 1330. The van der Waals surface area contributed by atoms with E-state index in [4.69, 9.17) is 11.5 Å². The number of para-hydroxylation sites is 2. The van der Waals surface area contributed by atoms with E-state index in [0.29, 0.717) is 22.2 Å². The highest BCUT2D eigenvalue weighted by molar-refractivity contribution is 6.04. The largest absolute Gasteiger partial charge is 0.366 e. The van der Waals surface area contributed by atoms with Crippen molar-refractivity contribution >= 4 is 33.9 Å². The second-order valence-corrected chi connectivity index (χ2v) is 10.0. The third-order valence-corrected chi connectivity index (χ3v) is 7.34. The molecule has 4 heterocycles. The van der Waals surface area contributed by atoms with Crippen molar-refractivity contribution in [1.29, 1.82) is 0 Å². The number of H-pyrrole nitrogens is 2. The summed E-state index contributed by atoms with van der Waals surface area (Å²) < 4.78 is 0. The van der Waals surface area contributed by atoms with Crippen LogP contribution in [0.5, 0.6) is 0 Å². The Balaban J connectivity index is 0.000000148. The molecule has 2 aliphatic rings. The molecule has 10 heteroatoms. The number of nitrogens with one attached hydrogen (secondary N) is 4. The lowest BCUT2D eigenvalue weighted by molar-refractivity contribution is 0.0993. The van der Waals surface area contributed by atoms with Gasteiger partial charge in [-0.2, -0.15) is 0 Å². The van der Waals surface area contributed by atoms with E-state index < -0.39 is 11.8 Å². The van der Waals surface area contributed by atoms with Crippen molar-refractivity contribution in [1.82, 2.24) is 30.6 Å². The molecule has 0 radical (unpaired) electrons. The quantitative estimate of drug-likeness (QED) is 0.258. The summed E-state index contributed by atoms with van der Waals surface area (Å²) in [4.78, 5) is 38.5. The number of nitrogens with two attached hydrogens (primary N) is 2. The number of carbonyl (C=O) groups is 2.